The van der Waals surface area contributed by atoms with Gasteiger partial charge in [0.05, 0.1) is 6.61 Å². The van der Waals surface area contributed by atoms with E-state index in [0.717, 1.165) is 6.42 Å². The molecule has 146 valence electrons. The first-order valence-electron chi connectivity index (χ1n) is 9.49. The van der Waals surface area contributed by atoms with Gasteiger partial charge >= 0.3 is 5.97 Å². The summed E-state index contributed by atoms with van der Waals surface area (Å²) in [5, 5.41) is 9.63. The number of hydrogen-bond acceptors (Lipinski definition) is 4. The molecule has 1 N–H and O–H groups in total. The van der Waals surface area contributed by atoms with E-state index in [0.29, 0.717) is 17.7 Å². The van der Waals surface area contributed by atoms with Gasteiger partial charge in [-0.05, 0) is 42.2 Å². The van der Waals surface area contributed by atoms with Gasteiger partial charge in [-0.2, -0.15) is 0 Å². The first-order valence-corrected chi connectivity index (χ1v) is 9.49. The van der Waals surface area contributed by atoms with Gasteiger partial charge in [0.2, 0.25) is 5.60 Å². The number of aromatic hydroxyl groups is 1. The highest BCUT2D eigenvalue weighted by molar-refractivity contribution is 5.82. The Labute approximate surface area is 162 Å². The van der Waals surface area contributed by atoms with E-state index in [1.165, 1.54) is 5.56 Å². The summed E-state index contributed by atoms with van der Waals surface area (Å²) < 4.78 is 11.7. The molecule has 0 saturated heterocycles. The van der Waals surface area contributed by atoms with Crippen molar-refractivity contribution in [3.8, 4) is 11.5 Å². The Morgan fingerprint density at radius 2 is 1.48 bits per heavy atom. The third-order valence-electron chi connectivity index (χ3n) is 4.55. The molecule has 2 rings (SSSR count). The Balaban J connectivity index is 2.47. The van der Waals surface area contributed by atoms with Crippen LogP contribution in [0.25, 0.3) is 0 Å². The fraction of sp³-hybridized carbons (Fsp3) is 0.435. The van der Waals surface area contributed by atoms with Gasteiger partial charge in [-0.1, -0.05) is 58.4 Å². The lowest BCUT2D eigenvalue weighted by Gasteiger charge is -2.33. The second kappa shape index (κ2) is 8.47. The summed E-state index contributed by atoms with van der Waals surface area (Å²) in [7, 11) is 0. The van der Waals surface area contributed by atoms with Crippen LogP contribution in [0.4, 0.5) is 0 Å². The molecule has 27 heavy (non-hydrogen) atoms. The summed E-state index contributed by atoms with van der Waals surface area (Å²) in [6.07, 6.45) is 1.21. The lowest BCUT2D eigenvalue weighted by atomic mass is 9.87. The van der Waals surface area contributed by atoms with Crippen LogP contribution in [-0.2, 0) is 20.5 Å². The number of carbonyl (C=O) groups excluding carboxylic acids is 1. The third-order valence-corrected chi connectivity index (χ3v) is 4.55. The maximum atomic E-state index is 13.0. The van der Waals surface area contributed by atoms with Crippen molar-refractivity contribution in [3.63, 3.8) is 0 Å². The zero-order chi connectivity index (χ0) is 20.1. The lowest BCUT2D eigenvalue weighted by Crippen LogP contribution is -2.43. The van der Waals surface area contributed by atoms with Gasteiger partial charge in [0.25, 0.3) is 0 Å². The van der Waals surface area contributed by atoms with Gasteiger partial charge in [-0.3, -0.25) is 0 Å². The van der Waals surface area contributed by atoms with E-state index in [1.807, 2.05) is 31.2 Å². The number of ether oxygens (including phenoxy) is 2. The van der Waals surface area contributed by atoms with Gasteiger partial charge < -0.3 is 14.6 Å². The third kappa shape index (κ3) is 4.82. The molecule has 1 unspecified atom stereocenters. The average Bonchev–Trinajstić information content (AvgIpc) is 2.62. The number of benzene rings is 2. The molecule has 0 amide bonds. The highest BCUT2D eigenvalue weighted by Crippen LogP contribution is 2.36. The Bertz CT molecular complexity index is 741. The van der Waals surface area contributed by atoms with E-state index in [2.05, 4.69) is 20.8 Å². The highest BCUT2D eigenvalue weighted by Gasteiger charge is 2.43. The molecule has 0 heterocycles. The number of phenols is 1. The molecule has 0 fully saturated rings. The fourth-order valence-corrected chi connectivity index (χ4v) is 3.07. The van der Waals surface area contributed by atoms with Crippen molar-refractivity contribution in [3.05, 3.63) is 59.7 Å². The summed E-state index contributed by atoms with van der Waals surface area (Å²) >= 11 is 0. The van der Waals surface area contributed by atoms with Crippen LogP contribution >= 0.6 is 0 Å². The van der Waals surface area contributed by atoms with E-state index in [9.17, 15) is 9.90 Å². The van der Waals surface area contributed by atoms with Gasteiger partial charge in [0, 0.05) is 12.0 Å². The first kappa shape index (κ1) is 20.8. The minimum Gasteiger partial charge on any atom is -0.508 e. The largest absolute Gasteiger partial charge is 0.508 e. The van der Waals surface area contributed by atoms with Crippen molar-refractivity contribution in [2.45, 2.75) is 58.5 Å². The van der Waals surface area contributed by atoms with Gasteiger partial charge in [0.15, 0.2) is 0 Å². The zero-order valence-corrected chi connectivity index (χ0v) is 16.9. The molecule has 0 bridgehead atoms. The van der Waals surface area contributed by atoms with Crippen molar-refractivity contribution >= 4 is 5.97 Å². The van der Waals surface area contributed by atoms with E-state index in [4.69, 9.17) is 9.47 Å². The molecule has 2 aromatic rings. The topological polar surface area (TPSA) is 55.8 Å². The Morgan fingerprint density at radius 1 is 0.926 bits per heavy atom. The number of rotatable bonds is 7. The van der Waals surface area contributed by atoms with Crippen LogP contribution in [0.15, 0.2) is 48.5 Å². The number of carbonyl (C=O) groups is 1. The van der Waals surface area contributed by atoms with E-state index >= 15 is 0 Å². The number of esters is 1. The molecule has 0 aliphatic heterocycles. The fourth-order valence-electron chi connectivity index (χ4n) is 3.07. The molecule has 0 saturated carbocycles. The molecule has 1 atom stereocenters. The van der Waals surface area contributed by atoms with Crippen molar-refractivity contribution in [1.29, 1.82) is 0 Å². The molecule has 0 spiro atoms. The Morgan fingerprint density at radius 3 is 1.96 bits per heavy atom. The predicted molar refractivity (Wildman–Crippen MR) is 107 cm³/mol. The molecule has 4 heteroatoms. The summed E-state index contributed by atoms with van der Waals surface area (Å²) in [4.78, 5) is 13.0. The SMILES string of the molecule is CCCC(Oc1ccc(C(C)(C)C)cc1)(C(=O)OCC)c1ccc(O)cc1. The standard InChI is InChI=1S/C23H30O4/c1-6-16-23(21(25)26-7-2,18-8-12-19(24)13-9-18)27-20-14-10-17(11-15-20)22(3,4)5/h8-15,24H,6-7,16H2,1-5H3. The summed E-state index contributed by atoms with van der Waals surface area (Å²) in [6, 6.07) is 14.4. The lowest BCUT2D eigenvalue weighted by molar-refractivity contribution is -0.164. The first-order chi connectivity index (χ1) is 12.7. The molecule has 0 aromatic heterocycles. The van der Waals surface area contributed by atoms with Crippen LogP contribution in [0.2, 0.25) is 0 Å². The quantitative estimate of drug-likeness (QED) is 0.670. The van der Waals surface area contributed by atoms with Crippen molar-refractivity contribution in [2.24, 2.45) is 0 Å². The van der Waals surface area contributed by atoms with Crippen LogP contribution < -0.4 is 4.74 Å². The normalized spacial score (nSPS) is 13.7. The zero-order valence-electron chi connectivity index (χ0n) is 16.9. The molecule has 0 radical (unpaired) electrons. The van der Waals surface area contributed by atoms with Crippen LogP contribution in [0, 0.1) is 0 Å². The van der Waals surface area contributed by atoms with Crippen LogP contribution in [0.1, 0.15) is 58.6 Å². The smallest absolute Gasteiger partial charge is 0.355 e. The van der Waals surface area contributed by atoms with E-state index < -0.39 is 11.6 Å². The number of phenolic OH excluding ortho intramolecular Hbond substituents is 1. The predicted octanol–water partition coefficient (Wildman–Crippen LogP) is 5.33. The molecule has 0 aliphatic carbocycles. The van der Waals surface area contributed by atoms with Gasteiger partial charge in [-0.25, -0.2) is 4.79 Å². The Hall–Kier alpha value is -2.49. The van der Waals surface area contributed by atoms with Crippen LogP contribution in [-0.4, -0.2) is 17.7 Å². The van der Waals surface area contributed by atoms with E-state index in [1.54, 1.807) is 31.2 Å². The second-order valence-corrected chi connectivity index (χ2v) is 7.72. The van der Waals surface area contributed by atoms with Gasteiger partial charge in [-0.15, -0.1) is 0 Å². The molecule has 0 aliphatic rings. The maximum Gasteiger partial charge on any atom is 0.355 e. The Kier molecular flexibility index (Phi) is 6.53. The summed E-state index contributed by atoms with van der Waals surface area (Å²) in [5.41, 5.74) is 0.649. The monoisotopic (exact) mass is 370 g/mol. The molecule has 2 aromatic carbocycles. The van der Waals surface area contributed by atoms with Crippen molar-refractivity contribution in [1.82, 2.24) is 0 Å². The maximum absolute atomic E-state index is 13.0. The molecular formula is C23H30O4. The second-order valence-electron chi connectivity index (χ2n) is 7.72. The molecular weight excluding hydrogens is 340 g/mol. The summed E-state index contributed by atoms with van der Waals surface area (Å²) in [6.45, 7) is 10.5. The highest BCUT2D eigenvalue weighted by atomic mass is 16.6. The van der Waals surface area contributed by atoms with E-state index in [-0.39, 0.29) is 17.8 Å². The molecule has 4 nitrogen and oxygen atoms in total. The van der Waals surface area contributed by atoms with Crippen LogP contribution in [0.5, 0.6) is 11.5 Å². The van der Waals surface area contributed by atoms with Crippen LogP contribution in [0.3, 0.4) is 0 Å². The van der Waals surface area contributed by atoms with Crippen molar-refractivity contribution < 1.29 is 19.4 Å². The average molecular weight is 370 g/mol. The van der Waals surface area contributed by atoms with Gasteiger partial charge in [0.1, 0.15) is 11.5 Å². The minimum atomic E-state index is -1.25. The minimum absolute atomic E-state index is 0.0388. The number of hydrogen-bond donors (Lipinski definition) is 1. The van der Waals surface area contributed by atoms with Crippen molar-refractivity contribution in [2.75, 3.05) is 6.61 Å². The summed E-state index contributed by atoms with van der Waals surface area (Å²) in [5.74, 6) is 0.331.